The number of carbonyl (C=O) groups excluding carboxylic acids is 1. The van der Waals surface area contributed by atoms with Crippen molar-refractivity contribution in [2.75, 3.05) is 13.7 Å². The number of benzene rings is 2. The highest BCUT2D eigenvalue weighted by atomic mass is 16.5. The van der Waals surface area contributed by atoms with Gasteiger partial charge in [0.1, 0.15) is 22.8 Å². The van der Waals surface area contributed by atoms with Gasteiger partial charge in [-0.2, -0.15) is 0 Å². The number of para-hydroxylation sites is 1. The van der Waals surface area contributed by atoms with Gasteiger partial charge in [-0.05, 0) is 44.2 Å². The van der Waals surface area contributed by atoms with Crippen molar-refractivity contribution in [2.45, 2.75) is 31.9 Å². The first kappa shape index (κ1) is 17.1. The van der Waals surface area contributed by atoms with E-state index in [9.17, 15) is 4.79 Å². The Kier molecular flexibility index (Phi) is 4.83. The number of ether oxygens (including phenoxy) is 3. The predicted molar refractivity (Wildman–Crippen MR) is 95.1 cm³/mol. The molecule has 5 heteroatoms. The van der Waals surface area contributed by atoms with E-state index in [1.54, 1.807) is 7.11 Å². The normalized spacial score (nSPS) is 17.8. The van der Waals surface area contributed by atoms with Crippen molar-refractivity contribution in [1.29, 1.82) is 0 Å². The minimum atomic E-state index is -0.361. The minimum Gasteiger partial charge on any atom is -0.497 e. The van der Waals surface area contributed by atoms with Crippen LogP contribution in [0.4, 0.5) is 0 Å². The third kappa shape index (κ3) is 4.24. The molecule has 2 aromatic carbocycles. The fourth-order valence-corrected chi connectivity index (χ4v) is 2.99. The van der Waals surface area contributed by atoms with Gasteiger partial charge in [0.05, 0.1) is 13.2 Å². The molecule has 25 heavy (non-hydrogen) atoms. The molecule has 1 amide bonds. The molecule has 0 saturated carbocycles. The van der Waals surface area contributed by atoms with Crippen molar-refractivity contribution in [2.24, 2.45) is 0 Å². The van der Waals surface area contributed by atoms with Crippen molar-refractivity contribution in [3.05, 3.63) is 54.1 Å². The van der Waals surface area contributed by atoms with E-state index in [0.717, 1.165) is 17.1 Å². The Hall–Kier alpha value is -2.69. The minimum absolute atomic E-state index is 0.0267. The number of carbonyl (C=O) groups is 1. The van der Waals surface area contributed by atoms with E-state index >= 15 is 0 Å². The Labute approximate surface area is 147 Å². The van der Waals surface area contributed by atoms with E-state index in [-0.39, 0.29) is 24.2 Å². The van der Waals surface area contributed by atoms with Gasteiger partial charge in [-0.25, -0.2) is 0 Å². The zero-order valence-electron chi connectivity index (χ0n) is 14.7. The number of hydrogen-bond donors (Lipinski definition) is 1. The Balaban J connectivity index is 1.71. The zero-order valence-corrected chi connectivity index (χ0v) is 14.7. The van der Waals surface area contributed by atoms with Gasteiger partial charge in [0.25, 0.3) is 5.91 Å². The number of fused-ring (bicyclic) bond motifs is 1. The quantitative estimate of drug-likeness (QED) is 0.904. The average Bonchev–Trinajstić information content (AvgIpc) is 2.60. The molecule has 1 unspecified atom stereocenters. The van der Waals surface area contributed by atoms with E-state index in [2.05, 4.69) is 5.32 Å². The average molecular weight is 341 g/mol. The van der Waals surface area contributed by atoms with Gasteiger partial charge in [0, 0.05) is 12.0 Å². The summed E-state index contributed by atoms with van der Waals surface area (Å²) in [4.78, 5) is 12.4. The first-order chi connectivity index (χ1) is 12.0. The summed E-state index contributed by atoms with van der Waals surface area (Å²) in [5.41, 5.74) is 0.562. The second kappa shape index (κ2) is 7.05. The van der Waals surface area contributed by atoms with Gasteiger partial charge in [-0.3, -0.25) is 4.79 Å². The first-order valence-electron chi connectivity index (χ1n) is 8.31. The van der Waals surface area contributed by atoms with Gasteiger partial charge < -0.3 is 19.5 Å². The zero-order chi connectivity index (χ0) is 17.9. The molecule has 0 aromatic heterocycles. The summed E-state index contributed by atoms with van der Waals surface area (Å²) in [6.45, 7) is 4.00. The summed E-state index contributed by atoms with van der Waals surface area (Å²) in [5.74, 6) is 2.01. The predicted octanol–water partition coefficient (Wildman–Crippen LogP) is 3.49. The van der Waals surface area contributed by atoms with E-state index in [0.29, 0.717) is 12.2 Å². The second-order valence-corrected chi connectivity index (χ2v) is 6.69. The molecule has 1 atom stereocenters. The van der Waals surface area contributed by atoms with E-state index in [4.69, 9.17) is 14.2 Å². The van der Waals surface area contributed by atoms with Crippen LogP contribution < -0.4 is 19.5 Å². The van der Waals surface area contributed by atoms with Crippen LogP contribution in [-0.4, -0.2) is 25.2 Å². The number of amides is 1. The van der Waals surface area contributed by atoms with Gasteiger partial charge >= 0.3 is 0 Å². The number of rotatable bonds is 5. The lowest BCUT2D eigenvalue weighted by atomic mass is 9.89. The first-order valence-corrected chi connectivity index (χ1v) is 8.31. The molecular formula is C20H23NO4. The van der Waals surface area contributed by atoms with Crippen LogP contribution in [0.2, 0.25) is 0 Å². The van der Waals surface area contributed by atoms with Crippen LogP contribution in [0.5, 0.6) is 17.2 Å². The number of methoxy groups -OCH3 is 1. The van der Waals surface area contributed by atoms with E-state index in [1.807, 2.05) is 62.4 Å². The second-order valence-electron chi connectivity index (χ2n) is 6.69. The summed E-state index contributed by atoms with van der Waals surface area (Å²) in [7, 11) is 1.62. The van der Waals surface area contributed by atoms with Crippen LogP contribution in [0.15, 0.2) is 48.5 Å². The van der Waals surface area contributed by atoms with Gasteiger partial charge in [0.2, 0.25) is 0 Å². The Morgan fingerprint density at radius 3 is 2.68 bits per heavy atom. The van der Waals surface area contributed by atoms with Crippen molar-refractivity contribution in [3.8, 4) is 17.2 Å². The molecule has 1 N–H and O–H groups in total. The Morgan fingerprint density at radius 2 is 1.96 bits per heavy atom. The van der Waals surface area contributed by atoms with Gasteiger partial charge in [-0.15, -0.1) is 0 Å². The molecule has 5 nitrogen and oxygen atoms in total. The molecule has 0 aliphatic carbocycles. The summed E-state index contributed by atoms with van der Waals surface area (Å²) < 4.78 is 16.8. The fourth-order valence-electron chi connectivity index (χ4n) is 2.99. The van der Waals surface area contributed by atoms with Crippen LogP contribution in [-0.2, 0) is 4.79 Å². The topological polar surface area (TPSA) is 56.8 Å². The maximum absolute atomic E-state index is 12.4. The van der Waals surface area contributed by atoms with E-state index in [1.165, 1.54) is 0 Å². The van der Waals surface area contributed by atoms with Gasteiger partial charge in [0.15, 0.2) is 6.61 Å². The largest absolute Gasteiger partial charge is 0.497 e. The molecule has 0 radical (unpaired) electrons. The molecule has 132 valence electrons. The smallest absolute Gasteiger partial charge is 0.258 e. The van der Waals surface area contributed by atoms with Crippen LogP contribution >= 0.6 is 0 Å². The van der Waals surface area contributed by atoms with E-state index < -0.39 is 0 Å². The van der Waals surface area contributed by atoms with Crippen molar-refractivity contribution < 1.29 is 19.0 Å². The molecule has 1 aliphatic heterocycles. The summed E-state index contributed by atoms with van der Waals surface area (Å²) in [6, 6.07) is 14.8. The lowest BCUT2D eigenvalue weighted by Gasteiger charge is -2.38. The highest BCUT2D eigenvalue weighted by molar-refractivity contribution is 5.78. The van der Waals surface area contributed by atoms with Crippen LogP contribution in [0.1, 0.15) is 31.9 Å². The highest BCUT2D eigenvalue weighted by Crippen LogP contribution is 2.41. The van der Waals surface area contributed by atoms with Crippen molar-refractivity contribution in [3.63, 3.8) is 0 Å². The monoisotopic (exact) mass is 341 g/mol. The maximum atomic E-state index is 12.4. The van der Waals surface area contributed by atoms with Crippen LogP contribution in [0, 0.1) is 0 Å². The van der Waals surface area contributed by atoms with Gasteiger partial charge in [-0.1, -0.05) is 18.2 Å². The number of nitrogens with one attached hydrogen (secondary N) is 1. The van der Waals surface area contributed by atoms with Crippen LogP contribution in [0.3, 0.4) is 0 Å². The molecule has 0 fully saturated rings. The lowest BCUT2D eigenvalue weighted by Crippen LogP contribution is -2.42. The lowest BCUT2D eigenvalue weighted by molar-refractivity contribution is -0.124. The summed E-state index contributed by atoms with van der Waals surface area (Å²) in [6.07, 6.45) is 0.671. The maximum Gasteiger partial charge on any atom is 0.258 e. The van der Waals surface area contributed by atoms with Crippen molar-refractivity contribution >= 4 is 5.91 Å². The van der Waals surface area contributed by atoms with Crippen LogP contribution in [0.25, 0.3) is 0 Å². The molecular weight excluding hydrogens is 318 g/mol. The summed E-state index contributed by atoms with van der Waals surface area (Å²) in [5, 5.41) is 3.05. The third-order valence-electron chi connectivity index (χ3n) is 4.12. The number of hydrogen-bond acceptors (Lipinski definition) is 4. The van der Waals surface area contributed by atoms with Crippen molar-refractivity contribution in [1.82, 2.24) is 5.32 Å². The molecule has 1 heterocycles. The highest BCUT2D eigenvalue weighted by Gasteiger charge is 2.34. The molecule has 1 aliphatic rings. The Bertz CT molecular complexity index is 743. The third-order valence-corrected chi connectivity index (χ3v) is 4.12. The molecule has 3 rings (SSSR count). The molecule has 0 saturated heterocycles. The SMILES string of the molecule is COc1ccc2c(c1)C(NC(=O)COc1ccccc1)CC(C)(C)O2. The molecule has 0 spiro atoms. The molecule has 0 bridgehead atoms. The standard InChI is InChI=1S/C20H23NO4/c1-20(2)12-17(16-11-15(23-3)9-10-18(16)25-20)21-19(22)13-24-14-7-5-4-6-8-14/h4-11,17H,12-13H2,1-3H3,(H,21,22). The fraction of sp³-hybridized carbons (Fsp3) is 0.350. The Morgan fingerprint density at radius 1 is 1.20 bits per heavy atom. The summed E-state index contributed by atoms with van der Waals surface area (Å²) >= 11 is 0. The molecule has 2 aromatic rings.